The lowest BCUT2D eigenvalue weighted by Gasteiger charge is -2.49. The van der Waals surface area contributed by atoms with Gasteiger partial charge in [0.25, 0.3) is 5.69 Å². The predicted molar refractivity (Wildman–Crippen MR) is 124 cm³/mol. The van der Waals surface area contributed by atoms with E-state index >= 15 is 0 Å². The first-order chi connectivity index (χ1) is 16.1. The quantitative estimate of drug-likeness (QED) is 0.461. The van der Waals surface area contributed by atoms with E-state index < -0.39 is 0 Å². The summed E-state index contributed by atoms with van der Waals surface area (Å²) in [5, 5.41) is 14.3. The Hall–Kier alpha value is -3.65. The van der Waals surface area contributed by atoms with E-state index in [0.29, 0.717) is 18.7 Å². The Morgan fingerprint density at radius 2 is 1.97 bits per heavy atom. The minimum Gasteiger partial charge on any atom is -0.467 e. The van der Waals surface area contributed by atoms with E-state index in [2.05, 4.69) is 27.2 Å². The number of nitro benzene ring substituents is 1. The van der Waals surface area contributed by atoms with E-state index in [1.165, 1.54) is 5.56 Å². The van der Waals surface area contributed by atoms with Crippen molar-refractivity contribution in [1.29, 1.82) is 0 Å². The van der Waals surface area contributed by atoms with Crippen LogP contribution in [0.25, 0.3) is 0 Å². The summed E-state index contributed by atoms with van der Waals surface area (Å²) in [6, 6.07) is 19.0. The molecule has 0 radical (unpaired) electrons. The summed E-state index contributed by atoms with van der Waals surface area (Å²) in [6.45, 7) is 3.54. The summed E-state index contributed by atoms with van der Waals surface area (Å²) in [5.41, 5.74) is 3.16. The van der Waals surface area contributed by atoms with Crippen molar-refractivity contribution in [1.82, 2.24) is 10.2 Å². The minimum atomic E-state index is -0.379. The number of piperazine rings is 1. The molecule has 0 aliphatic carbocycles. The smallest absolute Gasteiger partial charge is 0.269 e. The van der Waals surface area contributed by atoms with Gasteiger partial charge in [-0.25, -0.2) is 0 Å². The predicted octanol–water partition coefficient (Wildman–Crippen LogP) is 3.37. The Labute approximate surface area is 191 Å². The van der Waals surface area contributed by atoms with Crippen molar-refractivity contribution in [3.63, 3.8) is 0 Å². The van der Waals surface area contributed by atoms with Crippen LogP contribution in [0, 0.1) is 16.0 Å². The highest BCUT2D eigenvalue weighted by Gasteiger charge is 2.41. The van der Waals surface area contributed by atoms with Crippen molar-refractivity contribution in [2.24, 2.45) is 5.92 Å². The number of hydrogen-bond acceptors (Lipinski definition) is 6. The number of non-ortho nitro benzene ring substituents is 1. The third kappa shape index (κ3) is 4.47. The second-order valence-electron chi connectivity index (χ2n) is 8.66. The molecule has 1 aromatic heterocycles. The molecule has 33 heavy (non-hydrogen) atoms. The molecule has 0 bridgehead atoms. The van der Waals surface area contributed by atoms with Gasteiger partial charge < -0.3 is 14.6 Å². The average Bonchev–Trinajstić information content (AvgIpc) is 3.36. The van der Waals surface area contributed by atoms with Crippen LogP contribution in [0.5, 0.6) is 0 Å². The molecule has 2 aliphatic rings. The Morgan fingerprint density at radius 1 is 1.12 bits per heavy atom. The maximum absolute atomic E-state index is 13.3. The van der Waals surface area contributed by atoms with Gasteiger partial charge in [-0.1, -0.05) is 30.3 Å². The van der Waals surface area contributed by atoms with E-state index in [-0.39, 0.29) is 28.5 Å². The van der Waals surface area contributed by atoms with Crippen LogP contribution in [0.1, 0.15) is 16.9 Å². The van der Waals surface area contributed by atoms with E-state index in [4.69, 9.17) is 4.42 Å². The molecule has 8 heteroatoms. The number of fused-ring (bicyclic) bond motifs is 3. The largest absolute Gasteiger partial charge is 0.467 e. The van der Waals surface area contributed by atoms with Crippen LogP contribution in [0.4, 0.5) is 11.4 Å². The summed E-state index contributed by atoms with van der Waals surface area (Å²) < 4.78 is 5.35. The Kier molecular flexibility index (Phi) is 5.83. The van der Waals surface area contributed by atoms with Crippen molar-refractivity contribution in [3.05, 3.63) is 93.9 Å². The lowest BCUT2D eigenvalue weighted by atomic mass is 9.83. The standard InChI is InChI=1S/C25H26N4O4/c30-25(26-15-21-7-4-12-33-21)22-14-19-13-20(29(31)32)8-9-23(19)28-11-10-27(17-24(22)28)16-18-5-2-1-3-6-18/h1-9,12-13,22,24H,10-11,14-17H2,(H,26,30). The van der Waals surface area contributed by atoms with Gasteiger partial charge in [0.1, 0.15) is 5.76 Å². The van der Waals surface area contributed by atoms with E-state index in [1.54, 1.807) is 24.5 Å². The number of carbonyl (C=O) groups excluding carboxylic acids is 1. The molecule has 2 aromatic carbocycles. The van der Waals surface area contributed by atoms with Gasteiger partial charge in [-0.3, -0.25) is 19.8 Å². The van der Waals surface area contributed by atoms with Gasteiger partial charge in [0.15, 0.2) is 0 Å². The van der Waals surface area contributed by atoms with Gasteiger partial charge >= 0.3 is 0 Å². The summed E-state index contributed by atoms with van der Waals surface area (Å²) in [5.74, 6) is 0.328. The first-order valence-electron chi connectivity index (χ1n) is 11.2. The summed E-state index contributed by atoms with van der Waals surface area (Å²) in [6.07, 6.45) is 2.06. The zero-order valence-corrected chi connectivity index (χ0v) is 18.2. The van der Waals surface area contributed by atoms with Crippen LogP contribution < -0.4 is 10.2 Å². The lowest BCUT2D eigenvalue weighted by Crippen LogP contribution is -2.60. The van der Waals surface area contributed by atoms with Gasteiger partial charge in [0, 0.05) is 44.0 Å². The summed E-state index contributed by atoms with van der Waals surface area (Å²) >= 11 is 0. The van der Waals surface area contributed by atoms with Gasteiger partial charge in [0.05, 0.1) is 29.7 Å². The number of rotatable bonds is 6. The van der Waals surface area contributed by atoms with E-state index in [1.807, 2.05) is 30.3 Å². The molecule has 2 atom stereocenters. The lowest BCUT2D eigenvalue weighted by molar-refractivity contribution is -0.384. The van der Waals surface area contributed by atoms with Crippen LogP contribution in [0.2, 0.25) is 0 Å². The highest BCUT2D eigenvalue weighted by molar-refractivity contribution is 5.82. The molecule has 0 saturated carbocycles. The SMILES string of the molecule is O=C(NCc1ccco1)C1Cc2cc([N+](=O)[O-])ccc2N2CCN(Cc3ccccc3)CC12. The van der Waals surface area contributed by atoms with Gasteiger partial charge in [-0.05, 0) is 35.7 Å². The second-order valence-corrected chi connectivity index (χ2v) is 8.66. The molecule has 0 spiro atoms. The number of carbonyl (C=O) groups is 1. The van der Waals surface area contributed by atoms with Crippen molar-refractivity contribution in [2.45, 2.75) is 25.6 Å². The number of benzene rings is 2. The van der Waals surface area contributed by atoms with Gasteiger partial charge in [-0.2, -0.15) is 0 Å². The molecule has 1 amide bonds. The number of hydrogen-bond donors (Lipinski definition) is 1. The van der Waals surface area contributed by atoms with Crippen LogP contribution in [-0.2, 0) is 24.3 Å². The maximum Gasteiger partial charge on any atom is 0.269 e. The molecule has 8 nitrogen and oxygen atoms in total. The molecule has 1 fully saturated rings. The zero-order valence-electron chi connectivity index (χ0n) is 18.2. The molecule has 1 N–H and O–H groups in total. The van der Waals surface area contributed by atoms with Crippen molar-refractivity contribution in [3.8, 4) is 0 Å². The van der Waals surface area contributed by atoms with Crippen molar-refractivity contribution >= 4 is 17.3 Å². The number of anilines is 1. The van der Waals surface area contributed by atoms with Crippen molar-refractivity contribution in [2.75, 3.05) is 24.5 Å². The normalized spacial score (nSPS) is 20.1. The fourth-order valence-corrected chi connectivity index (χ4v) is 4.99. The summed E-state index contributed by atoms with van der Waals surface area (Å²) in [7, 11) is 0. The van der Waals surface area contributed by atoms with Crippen molar-refractivity contribution < 1.29 is 14.1 Å². The number of nitrogens with one attached hydrogen (secondary N) is 1. The Balaban J connectivity index is 1.40. The molecule has 5 rings (SSSR count). The van der Waals surface area contributed by atoms with E-state index in [0.717, 1.165) is 37.4 Å². The van der Waals surface area contributed by atoms with Crippen LogP contribution in [-0.4, -0.2) is 41.4 Å². The third-order valence-electron chi connectivity index (χ3n) is 6.59. The second kappa shape index (κ2) is 9.07. The fourth-order valence-electron chi connectivity index (χ4n) is 4.99. The monoisotopic (exact) mass is 446 g/mol. The van der Waals surface area contributed by atoms with Crippen LogP contribution in [0.3, 0.4) is 0 Å². The van der Waals surface area contributed by atoms with E-state index in [9.17, 15) is 14.9 Å². The molecule has 170 valence electrons. The Morgan fingerprint density at radius 3 is 2.73 bits per heavy atom. The zero-order chi connectivity index (χ0) is 22.8. The number of nitrogens with zero attached hydrogens (tertiary/aromatic N) is 3. The molecule has 2 unspecified atom stereocenters. The fraction of sp³-hybridized carbons (Fsp3) is 0.320. The Bertz CT molecular complexity index is 1130. The first-order valence-corrected chi connectivity index (χ1v) is 11.2. The molecular weight excluding hydrogens is 420 g/mol. The molecule has 1 saturated heterocycles. The molecule has 2 aliphatic heterocycles. The number of furan rings is 1. The highest BCUT2D eigenvalue weighted by atomic mass is 16.6. The third-order valence-corrected chi connectivity index (χ3v) is 6.59. The topological polar surface area (TPSA) is 91.9 Å². The van der Waals surface area contributed by atoms with Gasteiger partial charge in [-0.15, -0.1) is 0 Å². The first kappa shape index (κ1) is 21.2. The number of nitro groups is 1. The average molecular weight is 447 g/mol. The maximum atomic E-state index is 13.3. The minimum absolute atomic E-state index is 0.00646. The van der Waals surface area contributed by atoms with Gasteiger partial charge in [0.2, 0.25) is 5.91 Å². The molecule has 3 heterocycles. The molecule has 3 aromatic rings. The van der Waals surface area contributed by atoms with Crippen LogP contribution >= 0.6 is 0 Å². The molecular formula is C25H26N4O4. The van der Waals surface area contributed by atoms with Crippen LogP contribution in [0.15, 0.2) is 71.3 Å². The summed E-state index contributed by atoms with van der Waals surface area (Å²) in [4.78, 5) is 28.9. The highest BCUT2D eigenvalue weighted by Crippen LogP contribution is 2.38. The number of amides is 1.